The summed E-state index contributed by atoms with van der Waals surface area (Å²) in [5.74, 6) is 1.52. The number of amides is 1. The Labute approximate surface area is 161 Å². The molecule has 1 aromatic carbocycles. The summed E-state index contributed by atoms with van der Waals surface area (Å²) in [7, 11) is -0.196. The lowest BCUT2D eigenvalue weighted by atomic mass is 10.0. The minimum absolute atomic E-state index is 0.0721. The second-order valence-corrected chi connectivity index (χ2v) is 9.15. The average molecular weight is 394 g/mol. The lowest BCUT2D eigenvalue weighted by Crippen LogP contribution is -2.41. The van der Waals surface area contributed by atoms with Crippen LogP contribution in [-0.4, -0.2) is 40.3 Å². The number of carbonyl (C=O) groups is 1. The minimum atomic E-state index is -3.28. The van der Waals surface area contributed by atoms with Crippen molar-refractivity contribution in [2.24, 2.45) is 5.92 Å². The van der Waals surface area contributed by atoms with Gasteiger partial charge in [0, 0.05) is 17.9 Å². The smallest absolute Gasteiger partial charge is 0.227 e. The first-order valence-electron chi connectivity index (χ1n) is 9.38. The predicted molar refractivity (Wildman–Crippen MR) is 105 cm³/mol. The SMILES string of the molecule is COc1ccc(N(C(=O)CCC2CCCC2)[C@@H]2C=CS(=O)(=O)C2)c(OC)c1. The molecule has 1 aliphatic heterocycles. The largest absolute Gasteiger partial charge is 0.497 e. The molecule has 0 bridgehead atoms. The molecule has 1 fully saturated rings. The lowest BCUT2D eigenvalue weighted by molar-refractivity contribution is -0.119. The van der Waals surface area contributed by atoms with E-state index in [-0.39, 0.29) is 11.7 Å². The van der Waals surface area contributed by atoms with Crippen LogP contribution in [0, 0.1) is 5.92 Å². The van der Waals surface area contributed by atoms with Crippen LogP contribution in [0.1, 0.15) is 38.5 Å². The zero-order valence-electron chi connectivity index (χ0n) is 15.9. The Morgan fingerprint density at radius 3 is 2.52 bits per heavy atom. The van der Waals surface area contributed by atoms with Gasteiger partial charge >= 0.3 is 0 Å². The summed E-state index contributed by atoms with van der Waals surface area (Å²) in [6, 6.07) is 4.69. The fourth-order valence-corrected chi connectivity index (χ4v) is 5.22. The minimum Gasteiger partial charge on any atom is -0.497 e. The van der Waals surface area contributed by atoms with Crippen LogP contribution in [0.5, 0.6) is 11.5 Å². The second-order valence-electron chi connectivity index (χ2n) is 7.22. The number of methoxy groups -OCH3 is 2. The van der Waals surface area contributed by atoms with Crippen molar-refractivity contribution in [3.8, 4) is 11.5 Å². The highest BCUT2D eigenvalue weighted by molar-refractivity contribution is 7.94. The molecule has 1 aromatic rings. The van der Waals surface area contributed by atoms with Crippen molar-refractivity contribution < 1.29 is 22.7 Å². The Morgan fingerprint density at radius 1 is 1.19 bits per heavy atom. The zero-order valence-corrected chi connectivity index (χ0v) is 16.7. The fourth-order valence-electron chi connectivity index (χ4n) is 3.95. The number of carbonyl (C=O) groups excluding carboxylic acids is 1. The normalized spacial score (nSPS) is 21.3. The monoisotopic (exact) mass is 393 g/mol. The number of hydrogen-bond donors (Lipinski definition) is 0. The summed E-state index contributed by atoms with van der Waals surface area (Å²) >= 11 is 0. The molecule has 0 spiro atoms. The van der Waals surface area contributed by atoms with E-state index in [9.17, 15) is 13.2 Å². The molecule has 148 valence electrons. The molecular weight excluding hydrogens is 366 g/mol. The third-order valence-electron chi connectivity index (χ3n) is 5.40. The Morgan fingerprint density at radius 2 is 1.93 bits per heavy atom. The number of rotatable bonds is 7. The maximum Gasteiger partial charge on any atom is 0.227 e. The second kappa shape index (κ2) is 8.33. The molecule has 1 aliphatic carbocycles. The molecule has 3 rings (SSSR count). The van der Waals surface area contributed by atoms with Crippen molar-refractivity contribution in [2.45, 2.75) is 44.6 Å². The predicted octanol–water partition coefficient (Wildman–Crippen LogP) is 3.32. The molecule has 1 amide bonds. The van der Waals surface area contributed by atoms with Crippen molar-refractivity contribution in [1.29, 1.82) is 0 Å². The van der Waals surface area contributed by atoms with E-state index in [4.69, 9.17) is 9.47 Å². The first kappa shape index (κ1) is 19.7. The highest BCUT2D eigenvalue weighted by Crippen LogP contribution is 2.36. The van der Waals surface area contributed by atoms with E-state index in [0.717, 1.165) is 6.42 Å². The van der Waals surface area contributed by atoms with Crippen LogP contribution in [0.25, 0.3) is 0 Å². The van der Waals surface area contributed by atoms with Gasteiger partial charge in [0.25, 0.3) is 0 Å². The topological polar surface area (TPSA) is 72.9 Å². The maximum absolute atomic E-state index is 13.1. The number of sulfone groups is 1. The van der Waals surface area contributed by atoms with E-state index < -0.39 is 15.9 Å². The van der Waals surface area contributed by atoms with Crippen LogP contribution < -0.4 is 14.4 Å². The van der Waals surface area contributed by atoms with Crippen molar-refractivity contribution >= 4 is 21.4 Å². The molecular formula is C20H27NO5S. The Bertz CT molecular complexity index is 812. The number of hydrogen-bond acceptors (Lipinski definition) is 5. The third kappa shape index (κ3) is 4.64. The Hall–Kier alpha value is -2.02. The summed E-state index contributed by atoms with van der Waals surface area (Å²) in [6.45, 7) is 0. The van der Waals surface area contributed by atoms with E-state index in [1.165, 1.54) is 38.2 Å². The maximum atomic E-state index is 13.1. The summed E-state index contributed by atoms with van der Waals surface area (Å²) in [5.41, 5.74) is 0.571. The molecule has 1 heterocycles. The molecule has 1 saturated carbocycles. The molecule has 0 unspecified atom stereocenters. The quantitative estimate of drug-likeness (QED) is 0.711. The molecule has 6 nitrogen and oxygen atoms in total. The zero-order chi connectivity index (χ0) is 19.4. The Kier molecular flexibility index (Phi) is 6.09. The highest BCUT2D eigenvalue weighted by atomic mass is 32.2. The van der Waals surface area contributed by atoms with Gasteiger partial charge in [0.2, 0.25) is 5.91 Å². The molecule has 0 saturated heterocycles. The van der Waals surface area contributed by atoms with Crippen LogP contribution in [0.4, 0.5) is 5.69 Å². The first-order valence-corrected chi connectivity index (χ1v) is 11.1. The molecule has 0 radical (unpaired) electrons. The lowest BCUT2D eigenvalue weighted by Gasteiger charge is -2.29. The number of benzene rings is 1. The van der Waals surface area contributed by atoms with Crippen LogP contribution in [0.2, 0.25) is 0 Å². The summed E-state index contributed by atoms with van der Waals surface area (Å²) in [6.07, 6.45) is 7.67. The van der Waals surface area contributed by atoms with E-state index in [1.54, 1.807) is 36.3 Å². The third-order valence-corrected chi connectivity index (χ3v) is 6.78. The highest BCUT2D eigenvalue weighted by Gasteiger charge is 2.33. The van der Waals surface area contributed by atoms with Gasteiger partial charge in [0.05, 0.1) is 31.7 Å². The van der Waals surface area contributed by atoms with Gasteiger partial charge in [0.15, 0.2) is 9.84 Å². The number of nitrogens with zero attached hydrogens (tertiary/aromatic N) is 1. The van der Waals surface area contributed by atoms with Gasteiger partial charge in [-0.15, -0.1) is 0 Å². The van der Waals surface area contributed by atoms with Crippen LogP contribution in [0.15, 0.2) is 29.7 Å². The summed E-state index contributed by atoms with van der Waals surface area (Å²) < 4.78 is 34.6. The first-order chi connectivity index (χ1) is 12.9. The van der Waals surface area contributed by atoms with Gasteiger partial charge < -0.3 is 14.4 Å². The van der Waals surface area contributed by atoms with Gasteiger partial charge in [0.1, 0.15) is 11.5 Å². The molecule has 27 heavy (non-hydrogen) atoms. The van der Waals surface area contributed by atoms with Gasteiger partial charge in [-0.1, -0.05) is 25.7 Å². The van der Waals surface area contributed by atoms with Gasteiger partial charge in [-0.3, -0.25) is 4.79 Å². The van der Waals surface area contributed by atoms with Gasteiger partial charge in [-0.05, 0) is 30.5 Å². The fraction of sp³-hybridized carbons (Fsp3) is 0.550. The van der Waals surface area contributed by atoms with Crippen molar-refractivity contribution in [1.82, 2.24) is 0 Å². The molecule has 0 N–H and O–H groups in total. The summed E-state index contributed by atoms with van der Waals surface area (Å²) in [4.78, 5) is 14.7. The van der Waals surface area contributed by atoms with Gasteiger partial charge in [-0.25, -0.2) is 8.42 Å². The number of ether oxygens (including phenoxy) is 2. The van der Waals surface area contributed by atoms with E-state index in [0.29, 0.717) is 29.5 Å². The van der Waals surface area contributed by atoms with E-state index >= 15 is 0 Å². The van der Waals surface area contributed by atoms with E-state index in [1.807, 2.05) is 0 Å². The molecule has 1 atom stereocenters. The van der Waals surface area contributed by atoms with E-state index in [2.05, 4.69) is 0 Å². The van der Waals surface area contributed by atoms with Crippen molar-refractivity contribution in [3.63, 3.8) is 0 Å². The summed E-state index contributed by atoms with van der Waals surface area (Å²) in [5, 5.41) is 1.20. The molecule has 0 aromatic heterocycles. The molecule has 2 aliphatic rings. The van der Waals surface area contributed by atoms with Crippen LogP contribution in [0.3, 0.4) is 0 Å². The van der Waals surface area contributed by atoms with Crippen molar-refractivity contribution in [2.75, 3.05) is 24.9 Å². The van der Waals surface area contributed by atoms with Crippen molar-refractivity contribution in [3.05, 3.63) is 29.7 Å². The molecule has 7 heteroatoms. The van der Waals surface area contributed by atoms with Crippen LogP contribution >= 0.6 is 0 Å². The average Bonchev–Trinajstić information content (AvgIpc) is 3.29. The number of anilines is 1. The standard InChI is InChI=1S/C20H27NO5S/c1-25-17-8-9-18(19(13-17)26-2)21(16-11-12-27(23,24)14-16)20(22)10-7-15-5-3-4-6-15/h8-9,11-13,15-16H,3-7,10,14H2,1-2H3/t16-/m1/s1. The van der Waals surface area contributed by atoms with Crippen LogP contribution in [-0.2, 0) is 14.6 Å². The van der Waals surface area contributed by atoms with Gasteiger partial charge in [-0.2, -0.15) is 0 Å². The Balaban J connectivity index is 1.88.